The molecule has 0 saturated heterocycles. The Morgan fingerprint density at radius 1 is 1.35 bits per heavy atom. The second-order valence-corrected chi connectivity index (χ2v) is 6.63. The van der Waals surface area contributed by atoms with Gasteiger partial charge in [0.25, 0.3) is 0 Å². The molecule has 0 saturated carbocycles. The summed E-state index contributed by atoms with van der Waals surface area (Å²) in [6.07, 6.45) is 0. The fourth-order valence-electron chi connectivity index (χ4n) is 1.53. The van der Waals surface area contributed by atoms with E-state index < -0.39 is 0 Å². The van der Waals surface area contributed by atoms with Gasteiger partial charge < -0.3 is 10.3 Å². The van der Waals surface area contributed by atoms with Crippen LogP contribution >= 0.6 is 11.8 Å². The van der Waals surface area contributed by atoms with Gasteiger partial charge in [0, 0.05) is 4.90 Å². The van der Waals surface area contributed by atoms with E-state index in [4.69, 9.17) is 10.3 Å². The standard InChI is InChI=1S/C14H18FN3OS/c1-14(2,3)12(16)13-17-11(18-19-13)8-20-10-7-5-4-6-9(10)15/h4-7,12H,8,16H2,1-3H3/t12-/m0/s1. The number of rotatable bonds is 4. The highest BCUT2D eigenvalue weighted by Gasteiger charge is 2.27. The fourth-order valence-corrected chi connectivity index (χ4v) is 2.31. The molecule has 2 aromatic rings. The summed E-state index contributed by atoms with van der Waals surface area (Å²) in [4.78, 5) is 4.84. The van der Waals surface area contributed by atoms with Crippen LogP contribution in [-0.2, 0) is 5.75 Å². The van der Waals surface area contributed by atoms with Crippen LogP contribution in [0.1, 0.15) is 38.5 Å². The van der Waals surface area contributed by atoms with Crippen LogP contribution in [0.5, 0.6) is 0 Å². The number of thioether (sulfide) groups is 1. The van der Waals surface area contributed by atoms with E-state index in [1.807, 2.05) is 20.8 Å². The molecule has 108 valence electrons. The molecule has 0 fully saturated rings. The molecule has 0 bridgehead atoms. The summed E-state index contributed by atoms with van der Waals surface area (Å²) in [5.41, 5.74) is 5.90. The molecular formula is C14H18FN3OS. The van der Waals surface area contributed by atoms with Crippen LogP contribution in [-0.4, -0.2) is 10.1 Å². The van der Waals surface area contributed by atoms with Crippen LogP contribution in [0.15, 0.2) is 33.7 Å². The third-order valence-electron chi connectivity index (χ3n) is 2.88. The molecule has 1 heterocycles. The fraction of sp³-hybridized carbons (Fsp3) is 0.429. The van der Waals surface area contributed by atoms with Crippen LogP contribution in [0.4, 0.5) is 4.39 Å². The number of hydrogen-bond donors (Lipinski definition) is 1. The van der Waals surface area contributed by atoms with E-state index in [-0.39, 0.29) is 17.3 Å². The lowest BCUT2D eigenvalue weighted by Gasteiger charge is -2.23. The molecule has 0 spiro atoms. The summed E-state index contributed by atoms with van der Waals surface area (Å²) in [7, 11) is 0. The Hall–Kier alpha value is -1.40. The quantitative estimate of drug-likeness (QED) is 0.874. The average Bonchev–Trinajstić information content (AvgIpc) is 2.84. The number of nitrogens with two attached hydrogens (primary N) is 1. The first kappa shape index (κ1) is 15.0. The molecule has 1 aromatic carbocycles. The molecule has 2 N–H and O–H groups in total. The number of benzene rings is 1. The number of hydrogen-bond acceptors (Lipinski definition) is 5. The maximum Gasteiger partial charge on any atom is 0.244 e. The minimum Gasteiger partial charge on any atom is -0.338 e. The second-order valence-electron chi connectivity index (χ2n) is 5.61. The molecule has 0 aliphatic rings. The Balaban J connectivity index is 2.02. The monoisotopic (exact) mass is 295 g/mol. The summed E-state index contributed by atoms with van der Waals surface area (Å²) in [5, 5.41) is 3.89. The molecule has 2 rings (SSSR count). The van der Waals surface area contributed by atoms with Gasteiger partial charge in [0.2, 0.25) is 5.89 Å². The predicted molar refractivity (Wildman–Crippen MR) is 76.6 cm³/mol. The van der Waals surface area contributed by atoms with Crippen molar-refractivity contribution in [3.63, 3.8) is 0 Å². The molecule has 6 heteroatoms. The Labute approximate surface area is 121 Å². The number of halogens is 1. The van der Waals surface area contributed by atoms with Crippen molar-refractivity contribution < 1.29 is 8.91 Å². The van der Waals surface area contributed by atoms with Gasteiger partial charge in [-0.25, -0.2) is 4.39 Å². The van der Waals surface area contributed by atoms with Crippen molar-refractivity contribution in [2.75, 3.05) is 0 Å². The van der Waals surface area contributed by atoms with Crippen molar-refractivity contribution in [2.24, 2.45) is 11.1 Å². The van der Waals surface area contributed by atoms with Crippen LogP contribution in [0.25, 0.3) is 0 Å². The first-order valence-electron chi connectivity index (χ1n) is 6.33. The largest absolute Gasteiger partial charge is 0.338 e. The summed E-state index contributed by atoms with van der Waals surface area (Å²) in [6.45, 7) is 6.03. The van der Waals surface area contributed by atoms with Crippen molar-refractivity contribution in [3.8, 4) is 0 Å². The van der Waals surface area contributed by atoms with Gasteiger partial charge >= 0.3 is 0 Å². The second kappa shape index (κ2) is 5.93. The average molecular weight is 295 g/mol. The van der Waals surface area contributed by atoms with E-state index in [9.17, 15) is 4.39 Å². The van der Waals surface area contributed by atoms with Gasteiger partial charge in [-0.2, -0.15) is 4.98 Å². The van der Waals surface area contributed by atoms with Gasteiger partial charge in [0.15, 0.2) is 5.82 Å². The van der Waals surface area contributed by atoms with Crippen molar-refractivity contribution in [2.45, 2.75) is 37.5 Å². The maximum atomic E-state index is 13.5. The number of aromatic nitrogens is 2. The van der Waals surface area contributed by atoms with Gasteiger partial charge in [-0.1, -0.05) is 38.1 Å². The first-order chi connectivity index (χ1) is 9.38. The third kappa shape index (κ3) is 3.58. The minimum atomic E-state index is -0.317. The van der Waals surface area contributed by atoms with E-state index in [0.717, 1.165) is 0 Å². The van der Waals surface area contributed by atoms with Gasteiger partial charge in [-0.15, -0.1) is 11.8 Å². The van der Waals surface area contributed by atoms with Gasteiger partial charge in [0.1, 0.15) is 5.82 Å². The Morgan fingerprint density at radius 3 is 2.70 bits per heavy atom. The van der Waals surface area contributed by atoms with Crippen molar-refractivity contribution >= 4 is 11.8 Å². The van der Waals surface area contributed by atoms with Crippen molar-refractivity contribution in [1.29, 1.82) is 0 Å². The molecule has 0 amide bonds. The summed E-state index contributed by atoms with van der Waals surface area (Å²) >= 11 is 1.33. The van der Waals surface area contributed by atoms with E-state index in [0.29, 0.717) is 22.4 Å². The van der Waals surface area contributed by atoms with Crippen LogP contribution < -0.4 is 5.73 Å². The molecule has 1 atom stereocenters. The lowest BCUT2D eigenvalue weighted by atomic mass is 9.87. The molecular weight excluding hydrogens is 277 g/mol. The molecule has 1 aromatic heterocycles. The molecule has 0 aliphatic carbocycles. The zero-order valence-corrected chi connectivity index (χ0v) is 12.6. The Morgan fingerprint density at radius 2 is 2.05 bits per heavy atom. The third-order valence-corrected chi connectivity index (χ3v) is 3.92. The molecule has 0 aliphatic heterocycles. The zero-order chi connectivity index (χ0) is 14.8. The molecule has 0 unspecified atom stereocenters. The highest BCUT2D eigenvalue weighted by atomic mass is 32.2. The summed E-state index contributed by atoms with van der Waals surface area (Å²) < 4.78 is 18.7. The maximum absolute atomic E-state index is 13.5. The highest BCUT2D eigenvalue weighted by Crippen LogP contribution is 2.30. The summed E-state index contributed by atoms with van der Waals surface area (Å²) in [5.74, 6) is 1.14. The number of nitrogens with zero attached hydrogens (tertiary/aromatic N) is 2. The lowest BCUT2D eigenvalue weighted by Crippen LogP contribution is -2.26. The van der Waals surface area contributed by atoms with Crippen LogP contribution in [0.3, 0.4) is 0 Å². The smallest absolute Gasteiger partial charge is 0.244 e. The van der Waals surface area contributed by atoms with Crippen LogP contribution in [0.2, 0.25) is 0 Å². The Bertz CT molecular complexity index is 580. The lowest BCUT2D eigenvalue weighted by molar-refractivity contribution is 0.252. The van der Waals surface area contributed by atoms with E-state index in [1.54, 1.807) is 18.2 Å². The normalized spacial score (nSPS) is 13.4. The van der Waals surface area contributed by atoms with Gasteiger partial charge in [-0.3, -0.25) is 0 Å². The van der Waals surface area contributed by atoms with E-state index in [1.165, 1.54) is 17.8 Å². The van der Waals surface area contributed by atoms with Gasteiger partial charge in [0.05, 0.1) is 11.8 Å². The molecule has 0 radical (unpaired) electrons. The van der Waals surface area contributed by atoms with E-state index >= 15 is 0 Å². The van der Waals surface area contributed by atoms with Crippen molar-refractivity contribution in [3.05, 3.63) is 41.8 Å². The SMILES string of the molecule is CC(C)(C)[C@@H](N)c1nc(CSc2ccccc2F)no1. The van der Waals surface area contributed by atoms with E-state index in [2.05, 4.69) is 10.1 Å². The molecule has 20 heavy (non-hydrogen) atoms. The topological polar surface area (TPSA) is 64.9 Å². The highest BCUT2D eigenvalue weighted by molar-refractivity contribution is 7.98. The zero-order valence-electron chi connectivity index (χ0n) is 11.8. The first-order valence-corrected chi connectivity index (χ1v) is 7.32. The van der Waals surface area contributed by atoms with Crippen molar-refractivity contribution in [1.82, 2.24) is 10.1 Å². The minimum absolute atomic E-state index is 0.150. The van der Waals surface area contributed by atoms with Gasteiger partial charge in [-0.05, 0) is 17.5 Å². The summed E-state index contributed by atoms with van der Waals surface area (Å²) in [6, 6.07) is 6.29. The molecule has 4 nitrogen and oxygen atoms in total. The van der Waals surface area contributed by atoms with Crippen LogP contribution in [0, 0.1) is 11.2 Å². The predicted octanol–water partition coefficient (Wildman–Crippen LogP) is 3.55. The Kier molecular flexibility index (Phi) is 4.45.